The summed E-state index contributed by atoms with van der Waals surface area (Å²) < 4.78 is 7.33. The molecule has 1 unspecified atom stereocenters. The Morgan fingerprint density at radius 1 is 1.35 bits per heavy atom. The van der Waals surface area contributed by atoms with E-state index in [0.29, 0.717) is 22.2 Å². The van der Waals surface area contributed by atoms with Gasteiger partial charge in [-0.15, -0.1) is 10.1 Å². The minimum atomic E-state index is -1.14. The standard InChI is InChI=1S/C17H20Cl2N3O4/c1-2-3-4-5-10-25-16(14-7-6-13(18)11-15(14)19)17(26-22(23)24)21-9-8-20-12-21/h6-9,11-12,17H,2-5,10H2,1H3. The zero-order valence-corrected chi connectivity index (χ0v) is 15.8. The van der Waals surface area contributed by atoms with Crippen LogP contribution in [0.15, 0.2) is 36.9 Å². The van der Waals surface area contributed by atoms with E-state index in [2.05, 4.69) is 11.9 Å². The molecule has 0 aliphatic rings. The van der Waals surface area contributed by atoms with Crippen molar-refractivity contribution >= 4 is 23.2 Å². The molecule has 1 radical (unpaired) electrons. The molecule has 0 amide bonds. The number of nitrogens with zero attached hydrogens (tertiary/aromatic N) is 3. The molecule has 0 fully saturated rings. The third-order valence-electron chi connectivity index (χ3n) is 3.66. The van der Waals surface area contributed by atoms with Gasteiger partial charge in [-0.1, -0.05) is 55.5 Å². The fraction of sp³-hybridized carbons (Fsp3) is 0.412. The zero-order chi connectivity index (χ0) is 18.9. The maximum Gasteiger partial charge on any atom is 0.296 e. The van der Waals surface area contributed by atoms with Gasteiger partial charge < -0.3 is 9.30 Å². The van der Waals surface area contributed by atoms with E-state index in [4.69, 9.17) is 32.8 Å². The summed E-state index contributed by atoms with van der Waals surface area (Å²) in [6.45, 7) is 2.51. The van der Waals surface area contributed by atoms with Crippen LogP contribution in [-0.2, 0) is 9.57 Å². The van der Waals surface area contributed by atoms with Gasteiger partial charge in [0.2, 0.25) is 6.23 Å². The fourth-order valence-electron chi connectivity index (χ4n) is 2.41. The minimum Gasteiger partial charge on any atom is -0.362 e. The summed E-state index contributed by atoms with van der Waals surface area (Å²) in [7, 11) is 0. The molecule has 141 valence electrons. The van der Waals surface area contributed by atoms with Crippen LogP contribution in [0.3, 0.4) is 0 Å². The van der Waals surface area contributed by atoms with Crippen LogP contribution in [0.1, 0.15) is 44.4 Å². The molecule has 1 heterocycles. The average Bonchev–Trinajstić information content (AvgIpc) is 3.11. The van der Waals surface area contributed by atoms with Crippen molar-refractivity contribution in [3.8, 4) is 0 Å². The van der Waals surface area contributed by atoms with Crippen LogP contribution in [0.5, 0.6) is 0 Å². The molecule has 0 saturated carbocycles. The normalized spacial score (nSPS) is 12.3. The Balaban J connectivity index is 2.28. The topological polar surface area (TPSA) is 79.4 Å². The number of rotatable bonds is 11. The average molecular weight is 401 g/mol. The van der Waals surface area contributed by atoms with Crippen LogP contribution in [-0.4, -0.2) is 21.2 Å². The van der Waals surface area contributed by atoms with Crippen molar-refractivity contribution in [2.24, 2.45) is 0 Å². The molecule has 2 rings (SSSR count). The fourth-order valence-corrected chi connectivity index (χ4v) is 2.91. The van der Waals surface area contributed by atoms with Crippen molar-refractivity contribution in [1.29, 1.82) is 0 Å². The smallest absolute Gasteiger partial charge is 0.296 e. The third-order valence-corrected chi connectivity index (χ3v) is 4.21. The lowest BCUT2D eigenvalue weighted by Crippen LogP contribution is -2.26. The van der Waals surface area contributed by atoms with Gasteiger partial charge >= 0.3 is 0 Å². The first-order valence-corrected chi connectivity index (χ1v) is 9.02. The maximum absolute atomic E-state index is 11.0. The molecule has 1 aromatic heterocycles. The van der Waals surface area contributed by atoms with E-state index in [9.17, 15) is 10.1 Å². The number of hydrogen-bond donors (Lipinski definition) is 0. The van der Waals surface area contributed by atoms with Crippen molar-refractivity contribution in [2.75, 3.05) is 6.61 Å². The molecule has 0 bridgehead atoms. The summed E-state index contributed by atoms with van der Waals surface area (Å²) in [5.41, 5.74) is 0.479. The van der Waals surface area contributed by atoms with E-state index >= 15 is 0 Å². The highest BCUT2D eigenvalue weighted by molar-refractivity contribution is 6.35. The molecule has 26 heavy (non-hydrogen) atoms. The second-order valence-corrected chi connectivity index (χ2v) is 6.43. The minimum absolute atomic E-state index is 0.234. The monoisotopic (exact) mass is 400 g/mol. The van der Waals surface area contributed by atoms with E-state index in [1.807, 2.05) is 0 Å². The molecular weight excluding hydrogens is 381 g/mol. The number of halogens is 2. The van der Waals surface area contributed by atoms with Crippen LogP contribution in [0.4, 0.5) is 0 Å². The Bertz CT molecular complexity index is 697. The van der Waals surface area contributed by atoms with E-state index in [0.717, 1.165) is 25.7 Å². The first kappa shape index (κ1) is 20.5. The quantitative estimate of drug-likeness (QED) is 0.298. The summed E-state index contributed by atoms with van der Waals surface area (Å²) in [5.74, 6) is 0. The molecule has 0 N–H and O–H groups in total. The number of unbranched alkanes of at least 4 members (excludes halogenated alkanes) is 3. The molecule has 2 aromatic rings. The predicted octanol–water partition coefficient (Wildman–Crippen LogP) is 5.07. The van der Waals surface area contributed by atoms with Crippen LogP contribution >= 0.6 is 23.2 Å². The molecular formula is C17H20Cl2N3O4. The van der Waals surface area contributed by atoms with Gasteiger partial charge in [0.15, 0.2) is 6.10 Å². The van der Waals surface area contributed by atoms with Gasteiger partial charge in [-0.2, -0.15) is 0 Å². The molecule has 1 atom stereocenters. The van der Waals surface area contributed by atoms with Crippen molar-refractivity contribution in [2.45, 2.75) is 38.8 Å². The highest BCUT2D eigenvalue weighted by Gasteiger charge is 2.32. The summed E-state index contributed by atoms with van der Waals surface area (Å²) in [5, 5.41) is 10.9. The first-order valence-electron chi connectivity index (χ1n) is 8.26. The van der Waals surface area contributed by atoms with E-state index in [-0.39, 0.29) is 6.10 Å². The first-order chi connectivity index (χ1) is 12.5. The highest BCUT2D eigenvalue weighted by Crippen LogP contribution is 2.36. The molecule has 9 heteroatoms. The van der Waals surface area contributed by atoms with Gasteiger partial charge in [0.1, 0.15) is 0 Å². The van der Waals surface area contributed by atoms with Crippen molar-refractivity contribution in [3.63, 3.8) is 0 Å². The molecule has 0 spiro atoms. The summed E-state index contributed by atoms with van der Waals surface area (Å²) in [4.78, 5) is 19.8. The summed E-state index contributed by atoms with van der Waals surface area (Å²) in [6, 6.07) is 4.84. The zero-order valence-electron chi connectivity index (χ0n) is 14.3. The van der Waals surface area contributed by atoms with Gasteiger partial charge in [-0.05, 0) is 18.6 Å². The third kappa shape index (κ3) is 5.86. The Hall–Kier alpha value is -1.83. The molecule has 0 aliphatic heterocycles. The van der Waals surface area contributed by atoms with Crippen LogP contribution in [0.2, 0.25) is 10.0 Å². The van der Waals surface area contributed by atoms with Gasteiger partial charge in [-0.3, -0.25) is 4.84 Å². The summed E-state index contributed by atoms with van der Waals surface area (Å²) in [6.07, 6.45) is 7.57. The van der Waals surface area contributed by atoms with Gasteiger partial charge in [0.05, 0.1) is 6.33 Å². The SMILES string of the molecule is CCCCCCO[C](c1ccc(Cl)cc1Cl)C(O[N+](=O)[O-])n1ccnc1. The predicted molar refractivity (Wildman–Crippen MR) is 98.2 cm³/mol. The summed E-state index contributed by atoms with van der Waals surface area (Å²) >= 11 is 12.3. The second kappa shape index (κ2) is 10.4. The number of aromatic nitrogens is 2. The Morgan fingerprint density at radius 3 is 2.77 bits per heavy atom. The lowest BCUT2D eigenvalue weighted by Gasteiger charge is -2.26. The molecule has 0 saturated heterocycles. The molecule has 0 aliphatic carbocycles. The Labute approximate surface area is 161 Å². The van der Waals surface area contributed by atoms with Crippen molar-refractivity contribution in [3.05, 3.63) is 68.7 Å². The number of imidazole rings is 1. The van der Waals surface area contributed by atoms with Crippen LogP contribution in [0.25, 0.3) is 0 Å². The van der Waals surface area contributed by atoms with Gasteiger partial charge in [-0.25, -0.2) is 4.98 Å². The van der Waals surface area contributed by atoms with Gasteiger partial charge in [0.25, 0.3) is 5.09 Å². The van der Waals surface area contributed by atoms with Crippen LogP contribution < -0.4 is 0 Å². The van der Waals surface area contributed by atoms with Crippen molar-refractivity contribution < 1.29 is 14.7 Å². The lowest BCUT2D eigenvalue weighted by molar-refractivity contribution is -0.775. The molecule has 7 nitrogen and oxygen atoms in total. The largest absolute Gasteiger partial charge is 0.362 e. The van der Waals surface area contributed by atoms with Crippen molar-refractivity contribution in [1.82, 2.24) is 9.55 Å². The Morgan fingerprint density at radius 2 is 2.15 bits per heavy atom. The number of benzene rings is 1. The maximum atomic E-state index is 11.0. The second-order valence-electron chi connectivity index (χ2n) is 5.59. The van der Waals surface area contributed by atoms with Gasteiger partial charge in [0, 0.05) is 34.6 Å². The van der Waals surface area contributed by atoms with E-state index in [1.165, 1.54) is 17.1 Å². The van der Waals surface area contributed by atoms with E-state index in [1.54, 1.807) is 24.4 Å². The van der Waals surface area contributed by atoms with E-state index < -0.39 is 11.3 Å². The van der Waals surface area contributed by atoms with Crippen LogP contribution in [0, 0.1) is 16.2 Å². The lowest BCUT2D eigenvalue weighted by atomic mass is 10.1. The number of ether oxygens (including phenoxy) is 1. The molecule has 1 aromatic carbocycles. The highest BCUT2D eigenvalue weighted by atomic mass is 35.5. The Kier molecular flexibility index (Phi) is 8.15. The number of hydrogen-bond acceptors (Lipinski definition) is 5.